The van der Waals surface area contributed by atoms with Gasteiger partial charge in [0.2, 0.25) is 11.6 Å². The fourth-order valence-electron chi connectivity index (χ4n) is 6.61. The number of imide groups is 1. The fourth-order valence-corrected chi connectivity index (χ4v) is 6.61. The van der Waals surface area contributed by atoms with Crippen molar-refractivity contribution in [3.05, 3.63) is 65.5 Å². The van der Waals surface area contributed by atoms with Crippen LogP contribution in [0, 0.1) is 0 Å². The maximum absolute atomic E-state index is 12.9. The molecule has 1 aromatic heterocycles. The maximum Gasteiger partial charge on any atom is 0.417 e. The molecule has 1 fully saturated rings. The van der Waals surface area contributed by atoms with E-state index in [0.29, 0.717) is 6.54 Å². The SMILES string of the molecule is CCCCCCCCCCCCCCCCCCNC(=O)OCc1ccc(CN2CCC2COC(=O)N(Cc2cccc[n+]2CC)C(C)=O)cc1. The molecule has 1 atom stereocenters. The van der Waals surface area contributed by atoms with E-state index in [1.54, 1.807) is 0 Å². The Hall–Kier alpha value is -3.46. The molecule has 2 aromatic rings. The third-order valence-electron chi connectivity index (χ3n) is 10.0. The molecule has 0 aliphatic carbocycles. The van der Waals surface area contributed by atoms with Gasteiger partial charge in [0, 0.05) is 44.7 Å². The Morgan fingerprint density at radius 2 is 1.37 bits per heavy atom. The van der Waals surface area contributed by atoms with E-state index in [2.05, 4.69) is 29.3 Å². The van der Waals surface area contributed by atoms with Crippen molar-refractivity contribution >= 4 is 18.1 Å². The predicted molar refractivity (Wildman–Crippen MR) is 203 cm³/mol. The molecular weight excluding hydrogens is 640 g/mol. The third kappa shape index (κ3) is 17.1. The van der Waals surface area contributed by atoms with Crippen molar-refractivity contribution < 1.29 is 28.4 Å². The highest BCUT2D eigenvalue weighted by Gasteiger charge is 2.31. The fraction of sp³-hybridized carbons (Fsp3) is 0.667. The molecule has 1 N–H and O–H groups in total. The number of carbonyl (C=O) groups excluding carboxylic acids is 3. The molecule has 9 heteroatoms. The van der Waals surface area contributed by atoms with Crippen LogP contribution < -0.4 is 9.88 Å². The minimum atomic E-state index is -0.612. The molecule has 1 aromatic carbocycles. The number of aryl methyl sites for hydroxylation is 1. The molecule has 0 bridgehead atoms. The molecular formula is C42H67N4O5+. The summed E-state index contributed by atoms with van der Waals surface area (Å²) in [6.45, 7) is 9.40. The summed E-state index contributed by atoms with van der Waals surface area (Å²) >= 11 is 0. The second kappa shape index (κ2) is 25.5. The van der Waals surface area contributed by atoms with Crippen LogP contribution in [0.3, 0.4) is 0 Å². The highest BCUT2D eigenvalue weighted by Crippen LogP contribution is 2.22. The number of ether oxygens (including phenoxy) is 2. The minimum absolute atomic E-state index is 0.112. The highest BCUT2D eigenvalue weighted by molar-refractivity contribution is 5.90. The van der Waals surface area contributed by atoms with Crippen LogP contribution in [0.25, 0.3) is 0 Å². The zero-order valence-corrected chi connectivity index (χ0v) is 32.0. The van der Waals surface area contributed by atoms with Crippen LogP contribution in [-0.4, -0.2) is 53.6 Å². The monoisotopic (exact) mass is 708 g/mol. The molecule has 3 rings (SSSR count). The average Bonchev–Trinajstić information content (AvgIpc) is 3.13. The van der Waals surface area contributed by atoms with Gasteiger partial charge in [-0.1, -0.05) is 134 Å². The molecule has 1 aliphatic rings. The van der Waals surface area contributed by atoms with Crippen LogP contribution in [0.2, 0.25) is 0 Å². The van der Waals surface area contributed by atoms with Gasteiger partial charge in [-0.3, -0.25) is 9.69 Å². The number of carbonyl (C=O) groups is 3. The van der Waals surface area contributed by atoms with Gasteiger partial charge in [-0.15, -0.1) is 0 Å². The number of nitrogens with zero attached hydrogens (tertiary/aromatic N) is 3. The second-order valence-corrected chi connectivity index (χ2v) is 14.2. The molecule has 284 valence electrons. The number of nitrogens with one attached hydrogen (secondary N) is 1. The van der Waals surface area contributed by atoms with Gasteiger partial charge < -0.3 is 14.8 Å². The normalized spacial score (nSPS) is 14.1. The number of hydrogen-bond acceptors (Lipinski definition) is 6. The average molecular weight is 708 g/mol. The summed E-state index contributed by atoms with van der Waals surface area (Å²) in [5.41, 5.74) is 2.95. The molecule has 3 amide bonds. The smallest absolute Gasteiger partial charge is 0.417 e. The second-order valence-electron chi connectivity index (χ2n) is 14.2. The lowest BCUT2D eigenvalue weighted by Crippen LogP contribution is -2.50. The largest absolute Gasteiger partial charge is 0.447 e. The first-order valence-corrected chi connectivity index (χ1v) is 20.1. The standard InChI is InChI=1S/C42H66N4O5/c1-4-6-7-8-9-10-11-12-13-14-15-16-17-18-19-21-29-43-41(48)50-34-38-26-24-37(25-27-38)32-45-31-28-40(45)35-51-42(49)46(36(3)47)33-39-23-20-22-30-44(39)5-2/h20,22-27,30,40H,4-19,21,28-29,31-35H2,1-3H3/p+1. The van der Waals surface area contributed by atoms with Crippen molar-refractivity contribution in [2.75, 3.05) is 19.7 Å². The first-order chi connectivity index (χ1) is 24.9. The Balaban J connectivity index is 1.19. The summed E-state index contributed by atoms with van der Waals surface area (Å²) in [6.07, 6.45) is 23.2. The van der Waals surface area contributed by atoms with Gasteiger partial charge in [0.05, 0.1) is 0 Å². The number of rotatable bonds is 26. The molecule has 0 spiro atoms. The third-order valence-corrected chi connectivity index (χ3v) is 10.0. The van der Waals surface area contributed by atoms with E-state index in [-0.39, 0.29) is 37.8 Å². The van der Waals surface area contributed by atoms with E-state index < -0.39 is 6.09 Å². The van der Waals surface area contributed by atoms with Crippen LogP contribution in [0.5, 0.6) is 0 Å². The number of benzene rings is 1. The first kappa shape index (κ1) is 42.0. The molecule has 0 saturated carbocycles. The van der Waals surface area contributed by atoms with Gasteiger partial charge in [-0.25, -0.2) is 19.1 Å². The molecule has 9 nitrogen and oxygen atoms in total. The van der Waals surface area contributed by atoms with Crippen molar-refractivity contribution in [1.29, 1.82) is 0 Å². The van der Waals surface area contributed by atoms with Gasteiger partial charge in [0.15, 0.2) is 6.20 Å². The Kier molecular flexibility index (Phi) is 21.0. The number of likely N-dealkylation sites (tertiary alicyclic amines) is 1. The summed E-state index contributed by atoms with van der Waals surface area (Å²) in [7, 11) is 0. The van der Waals surface area contributed by atoms with Gasteiger partial charge in [0.1, 0.15) is 26.3 Å². The van der Waals surface area contributed by atoms with Crippen LogP contribution in [0.1, 0.15) is 147 Å². The number of pyridine rings is 1. The van der Waals surface area contributed by atoms with E-state index in [4.69, 9.17) is 9.47 Å². The van der Waals surface area contributed by atoms with E-state index in [9.17, 15) is 14.4 Å². The molecule has 1 aliphatic heterocycles. The Bertz CT molecular complexity index is 1270. The van der Waals surface area contributed by atoms with Crippen molar-refractivity contribution in [2.45, 2.75) is 162 Å². The van der Waals surface area contributed by atoms with Crippen LogP contribution in [0.15, 0.2) is 48.7 Å². The topological polar surface area (TPSA) is 92.1 Å². The Labute approximate surface area is 308 Å². The van der Waals surface area contributed by atoms with Crippen LogP contribution in [-0.2, 0) is 40.5 Å². The van der Waals surface area contributed by atoms with Crippen molar-refractivity contribution in [2.24, 2.45) is 0 Å². The molecule has 2 heterocycles. The summed E-state index contributed by atoms with van der Waals surface area (Å²) in [4.78, 5) is 40.7. The number of alkyl carbamates (subject to hydrolysis) is 1. The van der Waals surface area contributed by atoms with Crippen molar-refractivity contribution in [3.63, 3.8) is 0 Å². The number of amides is 3. The van der Waals surface area contributed by atoms with Gasteiger partial charge in [0.25, 0.3) is 0 Å². The van der Waals surface area contributed by atoms with E-state index in [1.165, 1.54) is 96.8 Å². The van der Waals surface area contributed by atoms with Gasteiger partial charge >= 0.3 is 12.2 Å². The minimum Gasteiger partial charge on any atom is -0.447 e. The van der Waals surface area contributed by atoms with Crippen molar-refractivity contribution in [1.82, 2.24) is 15.1 Å². The Morgan fingerprint density at radius 1 is 0.784 bits per heavy atom. The summed E-state index contributed by atoms with van der Waals surface area (Å²) in [5.74, 6) is -0.339. The highest BCUT2D eigenvalue weighted by atomic mass is 16.6. The molecule has 1 unspecified atom stereocenters. The van der Waals surface area contributed by atoms with Crippen LogP contribution >= 0.6 is 0 Å². The zero-order chi connectivity index (χ0) is 36.5. The number of aromatic nitrogens is 1. The lowest BCUT2D eigenvalue weighted by molar-refractivity contribution is -0.701. The molecule has 51 heavy (non-hydrogen) atoms. The quantitative estimate of drug-likeness (QED) is 0.0775. The molecule has 0 radical (unpaired) electrons. The predicted octanol–water partition coefficient (Wildman–Crippen LogP) is 9.24. The maximum atomic E-state index is 12.9. The van der Waals surface area contributed by atoms with Crippen LogP contribution in [0.4, 0.5) is 9.59 Å². The molecule has 1 saturated heterocycles. The number of hydrogen-bond donors (Lipinski definition) is 1. The summed E-state index contributed by atoms with van der Waals surface area (Å²) < 4.78 is 13.0. The Morgan fingerprint density at radius 3 is 1.92 bits per heavy atom. The lowest BCUT2D eigenvalue weighted by Gasteiger charge is -2.40. The van der Waals surface area contributed by atoms with E-state index >= 15 is 0 Å². The van der Waals surface area contributed by atoms with Gasteiger partial charge in [-0.05, 0) is 30.9 Å². The van der Waals surface area contributed by atoms with E-state index in [1.807, 2.05) is 48.0 Å². The number of unbranched alkanes of at least 4 members (excludes halogenated alkanes) is 15. The zero-order valence-electron chi connectivity index (χ0n) is 32.0. The summed E-state index contributed by atoms with van der Waals surface area (Å²) in [5, 5.41) is 2.88. The first-order valence-electron chi connectivity index (χ1n) is 20.1. The van der Waals surface area contributed by atoms with Crippen molar-refractivity contribution in [3.8, 4) is 0 Å². The summed E-state index contributed by atoms with van der Waals surface area (Å²) in [6, 6.07) is 13.9. The van der Waals surface area contributed by atoms with Gasteiger partial charge in [-0.2, -0.15) is 0 Å². The lowest BCUT2D eigenvalue weighted by atomic mass is 10.0. The van der Waals surface area contributed by atoms with E-state index in [0.717, 1.165) is 60.6 Å².